The number of hydrogen-bond donors (Lipinski definition) is 3. The molecule has 2 amide bonds. The van der Waals surface area contributed by atoms with Crippen LogP contribution >= 0.6 is 0 Å². The molecule has 160 valence electrons. The van der Waals surface area contributed by atoms with Gasteiger partial charge in [0.25, 0.3) is 5.91 Å². The van der Waals surface area contributed by atoms with Crippen LogP contribution in [0.2, 0.25) is 0 Å². The number of nitrogens with zero attached hydrogens (tertiary/aromatic N) is 1. The summed E-state index contributed by atoms with van der Waals surface area (Å²) >= 11 is 0. The van der Waals surface area contributed by atoms with Crippen molar-refractivity contribution in [3.63, 3.8) is 0 Å². The van der Waals surface area contributed by atoms with E-state index >= 15 is 0 Å². The van der Waals surface area contributed by atoms with E-state index in [0.717, 1.165) is 12.7 Å². The van der Waals surface area contributed by atoms with Gasteiger partial charge in [-0.25, -0.2) is 0 Å². The van der Waals surface area contributed by atoms with Gasteiger partial charge >= 0.3 is 5.97 Å². The van der Waals surface area contributed by atoms with Crippen molar-refractivity contribution in [2.75, 3.05) is 26.0 Å². The van der Waals surface area contributed by atoms with Crippen LogP contribution in [0.3, 0.4) is 0 Å². The zero-order chi connectivity index (χ0) is 22.2. The minimum Gasteiger partial charge on any atom is -0.481 e. The Morgan fingerprint density at radius 3 is 2.38 bits per heavy atom. The molecule has 0 saturated heterocycles. The number of carboxylic acid groups (broad SMARTS) is 1. The standard InChI is InChI=1S/C18H24N2O5.C2H5NO/c1-3-6-14(12-22)20(2)18(25)17-13(11-21)7-4-8-15(17)19-10-5-9-16(23)24;1-3-2-4/h4,7-8,11-12,14,19H,3,5-6,9-10H2,1-2H3,(H,23,24);2H,1H3,(H,3,4). The number of hydrogen-bond acceptors (Lipinski definition) is 6. The molecular weight excluding hydrogens is 378 g/mol. The van der Waals surface area contributed by atoms with Crippen LogP contribution in [0.4, 0.5) is 5.69 Å². The average molecular weight is 407 g/mol. The Bertz CT molecular complexity index is 693. The van der Waals surface area contributed by atoms with Crippen LogP contribution < -0.4 is 10.6 Å². The Hall–Kier alpha value is -3.23. The minimum absolute atomic E-state index is 0.00721. The van der Waals surface area contributed by atoms with Gasteiger partial charge in [0.05, 0.1) is 11.6 Å². The monoisotopic (exact) mass is 407 g/mol. The summed E-state index contributed by atoms with van der Waals surface area (Å²) in [5, 5.41) is 13.9. The number of rotatable bonds is 12. The minimum atomic E-state index is -0.895. The van der Waals surface area contributed by atoms with Gasteiger partial charge in [-0.05, 0) is 18.9 Å². The van der Waals surface area contributed by atoms with Gasteiger partial charge in [0, 0.05) is 38.3 Å². The predicted molar refractivity (Wildman–Crippen MR) is 109 cm³/mol. The highest BCUT2D eigenvalue weighted by Crippen LogP contribution is 2.22. The summed E-state index contributed by atoms with van der Waals surface area (Å²) in [6, 6.07) is 4.28. The molecule has 1 atom stereocenters. The van der Waals surface area contributed by atoms with E-state index in [1.807, 2.05) is 6.92 Å². The molecule has 0 aliphatic carbocycles. The Morgan fingerprint density at radius 1 is 1.24 bits per heavy atom. The molecule has 0 bridgehead atoms. The maximum atomic E-state index is 12.8. The van der Waals surface area contributed by atoms with E-state index in [1.165, 1.54) is 18.0 Å². The fourth-order valence-electron chi connectivity index (χ4n) is 2.49. The molecule has 1 aromatic rings. The first-order valence-electron chi connectivity index (χ1n) is 9.25. The molecule has 29 heavy (non-hydrogen) atoms. The summed E-state index contributed by atoms with van der Waals surface area (Å²) in [5.74, 6) is -1.32. The van der Waals surface area contributed by atoms with Crippen LogP contribution in [-0.2, 0) is 14.4 Å². The maximum absolute atomic E-state index is 12.8. The normalized spacial score (nSPS) is 10.6. The highest BCUT2D eigenvalue weighted by molar-refractivity contribution is 6.06. The lowest BCUT2D eigenvalue weighted by Crippen LogP contribution is -2.38. The third-order valence-electron chi connectivity index (χ3n) is 4.00. The van der Waals surface area contributed by atoms with Gasteiger partial charge in [-0.15, -0.1) is 0 Å². The van der Waals surface area contributed by atoms with Crippen molar-refractivity contribution < 1.29 is 29.1 Å². The zero-order valence-electron chi connectivity index (χ0n) is 17.0. The SMILES string of the molecule is CCCC(C=O)N(C)C(=O)c1c(C=O)cccc1NCCCC(=O)O.CNC=O. The van der Waals surface area contributed by atoms with Crippen LogP contribution in [0, 0.1) is 0 Å². The largest absolute Gasteiger partial charge is 0.481 e. The van der Waals surface area contributed by atoms with Crippen molar-refractivity contribution in [2.45, 2.75) is 38.6 Å². The van der Waals surface area contributed by atoms with Crippen molar-refractivity contribution in [1.82, 2.24) is 10.2 Å². The molecule has 1 aromatic carbocycles. The number of aliphatic carboxylic acids is 1. The fraction of sp³-hybridized carbons (Fsp3) is 0.450. The number of likely N-dealkylation sites (N-methyl/N-ethyl adjacent to an activating group) is 1. The lowest BCUT2D eigenvalue weighted by molar-refractivity contribution is -0.137. The Labute approximate surface area is 170 Å². The number of aldehydes is 2. The number of carbonyl (C=O) groups is 5. The van der Waals surface area contributed by atoms with Gasteiger partial charge in [0.15, 0.2) is 6.29 Å². The fourth-order valence-corrected chi connectivity index (χ4v) is 2.49. The van der Waals surface area contributed by atoms with Crippen LogP contribution in [0.1, 0.15) is 53.3 Å². The Kier molecular flexibility index (Phi) is 13.1. The maximum Gasteiger partial charge on any atom is 0.303 e. The van der Waals surface area contributed by atoms with Gasteiger partial charge in [-0.2, -0.15) is 0 Å². The Balaban J connectivity index is 0.00000178. The molecule has 9 nitrogen and oxygen atoms in total. The van der Waals surface area contributed by atoms with E-state index in [1.54, 1.807) is 19.2 Å². The molecule has 0 aliphatic rings. The first kappa shape index (κ1) is 25.8. The second kappa shape index (κ2) is 14.8. The summed E-state index contributed by atoms with van der Waals surface area (Å²) in [5.41, 5.74) is 0.868. The summed E-state index contributed by atoms with van der Waals surface area (Å²) in [4.78, 5) is 56.4. The molecular formula is C20H29N3O6. The van der Waals surface area contributed by atoms with Crippen molar-refractivity contribution >= 4 is 36.5 Å². The first-order valence-corrected chi connectivity index (χ1v) is 9.25. The highest BCUT2D eigenvalue weighted by atomic mass is 16.4. The van der Waals surface area contributed by atoms with Gasteiger partial charge in [0.1, 0.15) is 6.29 Å². The zero-order valence-corrected chi connectivity index (χ0v) is 17.0. The van der Waals surface area contributed by atoms with Crippen molar-refractivity contribution in [1.29, 1.82) is 0 Å². The van der Waals surface area contributed by atoms with Gasteiger partial charge in [-0.3, -0.25) is 19.2 Å². The smallest absolute Gasteiger partial charge is 0.303 e. The number of carboxylic acids is 1. The van der Waals surface area contributed by atoms with Gasteiger partial charge < -0.3 is 25.4 Å². The van der Waals surface area contributed by atoms with Crippen LogP contribution in [0.25, 0.3) is 0 Å². The lowest BCUT2D eigenvalue weighted by atomic mass is 10.0. The summed E-state index contributed by atoms with van der Waals surface area (Å²) in [6.45, 7) is 2.27. The molecule has 0 radical (unpaired) electrons. The summed E-state index contributed by atoms with van der Waals surface area (Å²) in [7, 11) is 3.10. The van der Waals surface area contributed by atoms with E-state index in [0.29, 0.717) is 37.8 Å². The highest BCUT2D eigenvalue weighted by Gasteiger charge is 2.24. The number of amides is 2. The molecule has 9 heteroatoms. The molecule has 0 fully saturated rings. The molecule has 0 heterocycles. The number of nitrogens with one attached hydrogen (secondary N) is 2. The van der Waals surface area contributed by atoms with E-state index in [4.69, 9.17) is 9.90 Å². The first-order chi connectivity index (χ1) is 13.9. The molecule has 0 aliphatic heterocycles. The second-order valence-electron chi connectivity index (χ2n) is 6.13. The lowest BCUT2D eigenvalue weighted by Gasteiger charge is -2.25. The predicted octanol–water partition coefficient (Wildman–Crippen LogP) is 1.58. The third-order valence-corrected chi connectivity index (χ3v) is 4.00. The quantitative estimate of drug-likeness (QED) is 0.354. The summed E-state index contributed by atoms with van der Waals surface area (Å²) in [6.07, 6.45) is 3.63. The molecule has 3 N–H and O–H groups in total. The molecule has 1 unspecified atom stereocenters. The molecule has 0 spiro atoms. The Morgan fingerprint density at radius 2 is 1.90 bits per heavy atom. The third kappa shape index (κ3) is 9.00. The van der Waals surface area contributed by atoms with Crippen LogP contribution in [0.5, 0.6) is 0 Å². The van der Waals surface area contributed by atoms with Crippen molar-refractivity contribution in [3.8, 4) is 0 Å². The average Bonchev–Trinajstić information content (AvgIpc) is 2.73. The number of carbonyl (C=O) groups excluding carboxylic acids is 4. The molecule has 0 aromatic heterocycles. The number of benzene rings is 1. The van der Waals surface area contributed by atoms with Gasteiger partial charge in [-0.1, -0.05) is 25.5 Å². The molecule has 0 saturated carbocycles. The van der Waals surface area contributed by atoms with E-state index in [2.05, 4.69) is 10.6 Å². The topological polar surface area (TPSA) is 133 Å². The van der Waals surface area contributed by atoms with Crippen LogP contribution in [-0.4, -0.2) is 67.5 Å². The van der Waals surface area contributed by atoms with E-state index in [-0.39, 0.29) is 17.5 Å². The molecule has 1 rings (SSSR count). The van der Waals surface area contributed by atoms with Crippen LogP contribution in [0.15, 0.2) is 18.2 Å². The summed E-state index contributed by atoms with van der Waals surface area (Å²) < 4.78 is 0. The van der Waals surface area contributed by atoms with E-state index in [9.17, 15) is 19.2 Å². The van der Waals surface area contributed by atoms with Crippen molar-refractivity contribution in [3.05, 3.63) is 29.3 Å². The van der Waals surface area contributed by atoms with Crippen molar-refractivity contribution in [2.24, 2.45) is 0 Å². The van der Waals surface area contributed by atoms with E-state index < -0.39 is 17.9 Å². The van der Waals surface area contributed by atoms with Gasteiger partial charge in [0.2, 0.25) is 6.41 Å². The number of anilines is 1. The second-order valence-corrected chi connectivity index (χ2v) is 6.13.